The number of hydrogen-bond acceptors (Lipinski definition) is 1. The van der Waals surface area contributed by atoms with Crippen LogP contribution in [0.5, 0.6) is 0 Å². The molecule has 0 fully saturated rings. The highest BCUT2D eigenvalue weighted by Gasteiger charge is 2.12. The maximum Gasteiger partial charge on any atom is 0.163 e. The van der Waals surface area contributed by atoms with Crippen LogP contribution in [0.2, 0.25) is 0 Å². The summed E-state index contributed by atoms with van der Waals surface area (Å²) in [5.41, 5.74) is 2.02. The van der Waals surface area contributed by atoms with E-state index in [0.29, 0.717) is 5.56 Å². The molecule has 0 amide bonds. The van der Waals surface area contributed by atoms with Crippen molar-refractivity contribution in [1.29, 1.82) is 0 Å². The van der Waals surface area contributed by atoms with Crippen molar-refractivity contribution in [1.82, 2.24) is 9.78 Å². The average Bonchev–Trinajstić information content (AvgIpc) is 2.53. The zero-order valence-corrected chi connectivity index (χ0v) is 11.1. The third-order valence-electron chi connectivity index (χ3n) is 2.64. The first-order valence-corrected chi connectivity index (χ1v) is 5.92. The van der Waals surface area contributed by atoms with E-state index in [2.05, 4.69) is 21.0 Å². The molecule has 0 atom stereocenters. The average molecular weight is 301 g/mol. The van der Waals surface area contributed by atoms with Crippen molar-refractivity contribution >= 4 is 15.9 Å². The number of nitrogens with zero attached hydrogens (tertiary/aromatic N) is 2. The maximum atomic E-state index is 13.5. The second-order valence-electron chi connectivity index (χ2n) is 3.86. The summed E-state index contributed by atoms with van der Waals surface area (Å²) < 4.78 is 29.1. The van der Waals surface area contributed by atoms with Crippen molar-refractivity contribution in [2.24, 2.45) is 0 Å². The zero-order chi connectivity index (χ0) is 12.6. The Hall–Kier alpha value is -1.23. The maximum absolute atomic E-state index is 13.5. The first-order valence-electron chi connectivity index (χ1n) is 5.13. The summed E-state index contributed by atoms with van der Waals surface area (Å²) in [4.78, 5) is 0. The van der Waals surface area contributed by atoms with Crippen LogP contribution < -0.4 is 0 Å². The Morgan fingerprint density at radius 3 is 2.59 bits per heavy atom. The fraction of sp³-hybridized carbons (Fsp3) is 0.250. The third-order valence-corrected chi connectivity index (χ3v) is 3.79. The molecular formula is C12H11BrF2N2. The van der Waals surface area contributed by atoms with Gasteiger partial charge in [0.2, 0.25) is 0 Å². The highest BCUT2D eigenvalue weighted by atomic mass is 79.9. The summed E-state index contributed by atoms with van der Waals surface area (Å²) in [7, 11) is 0. The molecule has 17 heavy (non-hydrogen) atoms. The predicted octanol–water partition coefficient (Wildman–Crippen LogP) is 3.59. The van der Waals surface area contributed by atoms with Gasteiger partial charge in [-0.1, -0.05) is 12.1 Å². The number of aryl methyl sites for hydroxylation is 1. The molecular weight excluding hydrogens is 290 g/mol. The number of hydrogen-bond donors (Lipinski definition) is 0. The Morgan fingerprint density at radius 1 is 1.29 bits per heavy atom. The SMILES string of the molecule is Cc1nn(Cc2cccc(F)c2F)c(C)c1Br. The van der Waals surface area contributed by atoms with E-state index in [1.165, 1.54) is 6.07 Å². The van der Waals surface area contributed by atoms with Gasteiger partial charge in [-0.15, -0.1) is 0 Å². The lowest BCUT2D eigenvalue weighted by Crippen LogP contribution is -2.06. The molecule has 0 N–H and O–H groups in total. The zero-order valence-electron chi connectivity index (χ0n) is 9.47. The van der Waals surface area contributed by atoms with Crippen LogP contribution in [0.25, 0.3) is 0 Å². The molecule has 2 aromatic rings. The molecule has 90 valence electrons. The second-order valence-corrected chi connectivity index (χ2v) is 4.65. The first kappa shape index (κ1) is 12.2. The topological polar surface area (TPSA) is 17.8 Å². The smallest absolute Gasteiger partial charge is 0.163 e. The molecule has 0 unspecified atom stereocenters. The molecule has 0 radical (unpaired) electrons. The summed E-state index contributed by atoms with van der Waals surface area (Å²) in [5.74, 6) is -1.64. The van der Waals surface area contributed by atoms with Gasteiger partial charge in [0.1, 0.15) is 0 Å². The van der Waals surface area contributed by atoms with Crippen molar-refractivity contribution in [2.45, 2.75) is 20.4 Å². The van der Waals surface area contributed by atoms with Crippen LogP contribution in [0, 0.1) is 25.5 Å². The van der Waals surface area contributed by atoms with E-state index in [4.69, 9.17) is 0 Å². The Kier molecular flexibility index (Phi) is 3.28. The lowest BCUT2D eigenvalue weighted by atomic mass is 10.2. The van der Waals surface area contributed by atoms with Gasteiger partial charge in [0.05, 0.1) is 22.4 Å². The second kappa shape index (κ2) is 4.56. The normalized spacial score (nSPS) is 10.9. The van der Waals surface area contributed by atoms with Gasteiger partial charge in [-0.25, -0.2) is 8.78 Å². The minimum atomic E-state index is -0.830. The van der Waals surface area contributed by atoms with Crippen LogP contribution in [0.1, 0.15) is 17.0 Å². The summed E-state index contributed by atoms with van der Waals surface area (Å²) in [6.45, 7) is 3.96. The summed E-state index contributed by atoms with van der Waals surface area (Å²) in [5, 5.41) is 4.26. The van der Waals surface area contributed by atoms with E-state index in [1.54, 1.807) is 10.7 Å². The molecule has 0 bridgehead atoms. The molecule has 0 spiro atoms. The van der Waals surface area contributed by atoms with Crippen LogP contribution in [0.4, 0.5) is 8.78 Å². The number of benzene rings is 1. The highest BCUT2D eigenvalue weighted by Crippen LogP contribution is 2.21. The van der Waals surface area contributed by atoms with Crippen LogP contribution in [0.15, 0.2) is 22.7 Å². The molecule has 0 saturated carbocycles. The molecule has 1 heterocycles. The fourth-order valence-corrected chi connectivity index (χ4v) is 1.94. The summed E-state index contributed by atoms with van der Waals surface area (Å²) >= 11 is 3.40. The van der Waals surface area contributed by atoms with Gasteiger partial charge >= 0.3 is 0 Å². The number of halogens is 3. The minimum Gasteiger partial charge on any atom is -0.264 e. The third kappa shape index (κ3) is 2.24. The minimum absolute atomic E-state index is 0.224. The van der Waals surface area contributed by atoms with E-state index in [1.807, 2.05) is 13.8 Å². The number of aromatic nitrogens is 2. The summed E-state index contributed by atoms with van der Waals surface area (Å²) in [6.07, 6.45) is 0. The molecule has 0 aliphatic heterocycles. The van der Waals surface area contributed by atoms with Gasteiger partial charge < -0.3 is 0 Å². The Bertz CT molecular complexity index is 564. The standard InChI is InChI=1S/C12H11BrF2N2/c1-7-11(13)8(2)17(16-7)6-9-4-3-5-10(14)12(9)15/h3-5H,6H2,1-2H3. The molecule has 2 rings (SSSR count). The molecule has 1 aromatic carbocycles. The number of rotatable bonds is 2. The molecule has 0 aliphatic carbocycles. The van der Waals surface area contributed by atoms with Crippen molar-refractivity contribution in [3.05, 3.63) is 51.3 Å². The van der Waals surface area contributed by atoms with E-state index in [9.17, 15) is 8.78 Å². The lowest BCUT2D eigenvalue weighted by molar-refractivity contribution is 0.490. The van der Waals surface area contributed by atoms with Gasteiger partial charge in [0.15, 0.2) is 11.6 Å². The van der Waals surface area contributed by atoms with Crippen molar-refractivity contribution in [2.75, 3.05) is 0 Å². The van der Waals surface area contributed by atoms with Gasteiger partial charge in [-0.2, -0.15) is 5.10 Å². The Morgan fingerprint density at radius 2 is 2.00 bits per heavy atom. The van der Waals surface area contributed by atoms with Crippen LogP contribution in [0.3, 0.4) is 0 Å². The highest BCUT2D eigenvalue weighted by molar-refractivity contribution is 9.10. The summed E-state index contributed by atoms with van der Waals surface area (Å²) in [6, 6.07) is 4.16. The fourth-order valence-electron chi connectivity index (χ4n) is 1.66. The molecule has 5 heteroatoms. The van der Waals surface area contributed by atoms with E-state index in [-0.39, 0.29) is 6.54 Å². The first-order chi connectivity index (χ1) is 8.00. The lowest BCUT2D eigenvalue weighted by Gasteiger charge is -2.06. The Balaban J connectivity index is 2.38. The van der Waals surface area contributed by atoms with Gasteiger partial charge in [-0.05, 0) is 35.8 Å². The predicted molar refractivity (Wildman–Crippen MR) is 64.9 cm³/mol. The monoisotopic (exact) mass is 300 g/mol. The quantitative estimate of drug-likeness (QED) is 0.829. The van der Waals surface area contributed by atoms with E-state index >= 15 is 0 Å². The Labute approximate surface area is 106 Å². The van der Waals surface area contributed by atoms with Crippen LogP contribution >= 0.6 is 15.9 Å². The van der Waals surface area contributed by atoms with Gasteiger partial charge in [0, 0.05) is 5.56 Å². The van der Waals surface area contributed by atoms with Gasteiger partial charge in [-0.3, -0.25) is 4.68 Å². The molecule has 0 aliphatic rings. The largest absolute Gasteiger partial charge is 0.264 e. The van der Waals surface area contributed by atoms with Crippen molar-refractivity contribution in [3.8, 4) is 0 Å². The van der Waals surface area contributed by atoms with Crippen LogP contribution in [-0.2, 0) is 6.54 Å². The molecule has 0 saturated heterocycles. The van der Waals surface area contributed by atoms with E-state index in [0.717, 1.165) is 21.9 Å². The van der Waals surface area contributed by atoms with Gasteiger partial charge in [0.25, 0.3) is 0 Å². The van der Waals surface area contributed by atoms with Crippen molar-refractivity contribution in [3.63, 3.8) is 0 Å². The molecule has 1 aromatic heterocycles. The van der Waals surface area contributed by atoms with Crippen LogP contribution in [-0.4, -0.2) is 9.78 Å². The van der Waals surface area contributed by atoms with Crippen molar-refractivity contribution < 1.29 is 8.78 Å². The van der Waals surface area contributed by atoms with E-state index < -0.39 is 11.6 Å². The molecule has 2 nitrogen and oxygen atoms in total.